The maximum absolute atomic E-state index is 13.9. The Kier molecular flexibility index (Phi) is 11.2. The fourth-order valence-corrected chi connectivity index (χ4v) is 9.08. The van der Waals surface area contributed by atoms with Crippen molar-refractivity contribution in [2.24, 2.45) is 0 Å². The highest BCUT2D eigenvalue weighted by Gasteiger charge is 2.35. The molecule has 2 atom stereocenters. The highest BCUT2D eigenvalue weighted by atomic mass is 16.5. The minimum atomic E-state index is -0.875. The van der Waals surface area contributed by atoms with E-state index in [4.69, 9.17) is 4.74 Å². The van der Waals surface area contributed by atoms with Crippen LogP contribution in [-0.2, 0) is 11.2 Å². The molecule has 6 heterocycles. The molecule has 2 amide bonds. The number of nitrogens with zero attached hydrogens (tertiary/aromatic N) is 6. The minimum absolute atomic E-state index is 0.0646. The van der Waals surface area contributed by atoms with Crippen LogP contribution >= 0.6 is 0 Å². The number of carbonyl (C=O) groups excluding carboxylic acids is 2. The molecular weight excluding hydrogens is 713 g/mol. The van der Waals surface area contributed by atoms with Gasteiger partial charge in [0.05, 0.1) is 24.4 Å². The highest BCUT2D eigenvalue weighted by molar-refractivity contribution is 5.85. The molecule has 5 aromatic rings. The molecule has 2 aromatic carbocycles. The van der Waals surface area contributed by atoms with E-state index in [0.717, 1.165) is 83.1 Å². The molecule has 0 saturated carbocycles. The number of esters is 1. The second-order valence-electron chi connectivity index (χ2n) is 15.7. The number of H-pyrrole nitrogens is 3. The lowest BCUT2D eigenvalue weighted by atomic mass is 9.89. The van der Waals surface area contributed by atoms with Crippen LogP contribution in [0.1, 0.15) is 90.4 Å². The first kappa shape index (κ1) is 37.8. The Labute approximate surface area is 325 Å². The molecule has 0 bridgehead atoms. The van der Waals surface area contributed by atoms with Crippen LogP contribution in [0.25, 0.3) is 21.8 Å². The maximum Gasteiger partial charge on any atom is 0.378 e. The van der Waals surface area contributed by atoms with Gasteiger partial charge in [0.1, 0.15) is 12.1 Å². The van der Waals surface area contributed by atoms with Crippen molar-refractivity contribution in [3.63, 3.8) is 0 Å². The second kappa shape index (κ2) is 16.5. The van der Waals surface area contributed by atoms with Crippen LogP contribution in [0, 0.1) is 6.92 Å². The van der Waals surface area contributed by atoms with Gasteiger partial charge in [0, 0.05) is 54.6 Å². The van der Waals surface area contributed by atoms with Crippen molar-refractivity contribution in [2.75, 3.05) is 45.9 Å². The topological polar surface area (TPSA) is 188 Å². The molecule has 0 aliphatic carbocycles. The number of ether oxygens (including phenoxy) is 1. The van der Waals surface area contributed by atoms with Gasteiger partial charge in [-0.15, -0.1) is 5.10 Å². The van der Waals surface area contributed by atoms with Gasteiger partial charge < -0.3 is 29.9 Å². The zero-order chi connectivity index (χ0) is 38.8. The molecule has 15 nitrogen and oxygen atoms in total. The van der Waals surface area contributed by atoms with Crippen molar-refractivity contribution < 1.29 is 19.4 Å². The Morgan fingerprint density at radius 2 is 1.70 bits per heavy atom. The molecule has 3 aliphatic heterocycles. The van der Waals surface area contributed by atoms with Crippen molar-refractivity contribution in [3.05, 3.63) is 87.4 Å². The van der Waals surface area contributed by atoms with E-state index in [1.807, 2.05) is 42.2 Å². The summed E-state index contributed by atoms with van der Waals surface area (Å²) in [5, 5.41) is 31.5. The van der Waals surface area contributed by atoms with Gasteiger partial charge in [0.25, 0.3) is 11.4 Å². The molecule has 0 radical (unpaired) electrons. The van der Waals surface area contributed by atoms with E-state index in [1.165, 1.54) is 0 Å². The highest BCUT2D eigenvalue weighted by Crippen LogP contribution is 2.31. The van der Waals surface area contributed by atoms with Gasteiger partial charge in [-0.1, -0.05) is 24.3 Å². The SMILES string of the molecule is CCOC(=O)c1n[nH]c(C2CCN(C3CCN(C(O)[C@H](Cc4cc(C)c5[nH]ncc5c4)NC(=O)N4CCC(c5cc6ccccc6[nH]c5=O)CC4)CC3)CC2)n1. The number of aliphatic hydroxyl groups is 1. The van der Waals surface area contributed by atoms with Gasteiger partial charge in [-0.25, -0.2) is 14.6 Å². The molecule has 296 valence electrons. The van der Waals surface area contributed by atoms with Crippen molar-refractivity contribution in [2.45, 2.75) is 88.9 Å². The van der Waals surface area contributed by atoms with Crippen LogP contribution in [0.4, 0.5) is 4.79 Å². The standard InChI is InChI=1S/C41H52N10O5/c1-3-56-40(54)37-45-36(47-48-37)28-10-14-49(15-11-28)31-12-18-50(19-13-31)39(53)34(22-26-20-25(2)35-30(21-26)24-42-46-35)44-41(55)51-16-8-27(9-17-51)32-23-29-6-4-5-7-33(29)43-38(32)52/h4-7,20-21,23-24,27-28,31,34,39,53H,3,8-19,22H2,1-2H3,(H,42,46)(H,43,52)(H,44,55)(H,45,47,48)/t34-,39?/m0/s1. The number of para-hydroxylation sites is 1. The van der Waals surface area contributed by atoms with Crippen molar-refractivity contribution in [3.8, 4) is 0 Å². The van der Waals surface area contributed by atoms with Gasteiger partial charge in [0.2, 0.25) is 0 Å². The number of piperidine rings is 3. The largest absolute Gasteiger partial charge is 0.460 e. The molecule has 5 N–H and O–H groups in total. The fraction of sp³-hybridized carbons (Fsp3) is 0.512. The maximum atomic E-state index is 13.9. The summed E-state index contributed by atoms with van der Waals surface area (Å²) in [7, 11) is 0. The molecule has 15 heteroatoms. The molecule has 3 saturated heterocycles. The number of aliphatic hydroxyl groups excluding tert-OH is 1. The Bertz CT molecular complexity index is 2210. The number of hydrogen-bond acceptors (Lipinski definition) is 10. The first-order chi connectivity index (χ1) is 27.2. The van der Waals surface area contributed by atoms with Crippen LogP contribution in [-0.4, -0.2) is 126 Å². The normalized spacial score (nSPS) is 19.4. The summed E-state index contributed by atoms with van der Waals surface area (Å²) in [6, 6.07) is 13.6. The lowest BCUT2D eigenvalue weighted by Crippen LogP contribution is -2.58. The van der Waals surface area contributed by atoms with Crippen LogP contribution in [0.2, 0.25) is 0 Å². The number of urea groups is 1. The summed E-state index contributed by atoms with van der Waals surface area (Å²) >= 11 is 0. The van der Waals surface area contributed by atoms with Gasteiger partial charge in [-0.2, -0.15) is 5.10 Å². The zero-order valence-corrected chi connectivity index (χ0v) is 32.2. The Hall–Kier alpha value is -5.12. The monoisotopic (exact) mass is 764 g/mol. The number of nitrogens with one attached hydrogen (secondary N) is 4. The number of benzene rings is 2. The van der Waals surface area contributed by atoms with Crippen molar-refractivity contribution in [1.29, 1.82) is 0 Å². The molecule has 0 spiro atoms. The molecule has 8 rings (SSSR count). The number of aromatic amines is 3. The third kappa shape index (κ3) is 8.06. The third-order valence-electron chi connectivity index (χ3n) is 12.2. The van der Waals surface area contributed by atoms with Crippen LogP contribution < -0.4 is 10.9 Å². The summed E-state index contributed by atoms with van der Waals surface area (Å²) in [6.07, 6.45) is 6.45. The molecule has 1 unspecified atom stereocenters. The average Bonchev–Trinajstić information content (AvgIpc) is 3.92. The van der Waals surface area contributed by atoms with Gasteiger partial charge in [-0.05, 0) is 113 Å². The Morgan fingerprint density at radius 1 is 0.946 bits per heavy atom. The Morgan fingerprint density at radius 3 is 2.46 bits per heavy atom. The summed E-state index contributed by atoms with van der Waals surface area (Å²) in [6.45, 7) is 8.42. The summed E-state index contributed by atoms with van der Waals surface area (Å²) < 4.78 is 5.04. The number of rotatable bonds is 10. The molecular formula is C41H52N10O5. The summed E-state index contributed by atoms with van der Waals surface area (Å²) in [4.78, 5) is 52.9. The number of carbonyl (C=O) groups is 2. The molecule has 3 fully saturated rings. The first-order valence-electron chi connectivity index (χ1n) is 20.1. The van der Waals surface area contributed by atoms with Crippen LogP contribution in [0.3, 0.4) is 0 Å². The summed E-state index contributed by atoms with van der Waals surface area (Å²) in [5.41, 5.74) is 4.60. The van der Waals surface area contributed by atoms with E-state index in [-0.39, 0.29) is 35.9 Å². The van der Waals surface area contributed by atoms with E-state index >= 15 is 0 Å². The van der Waals surface area contributed by atoms with Gasteiger partial charge in [0.15, 0.2) is 0 Å². The third-order valence-corrected chi connectivity index (χ3v) is 12.2. The summed E-state index contributed by atoms with van der Waals surface area (Å²) in [5.74, 6) is 0.599. The fourth-order valence-electron chi connectivity index (χ4n) is 9.08. The van der Waals surface area contributed by atoms with Crippen LogP contribution in [0.5, 0.6) is 0 Å². The Balaban J connectivity index is 0.892. The van der Waals surface area contributed by atoms with E-state index in [0.29, 0.717) is 51.5 Å². The lowest BCUT2D eigenvalue weighted by molar-refractivity contribution is -0.0466. The van der Waals surface area contributed by atoms with E-state index in [1.54, 1.807) is 13.1 Å². The zero-order valence-electron chi connectivity index (χ0n) is 32.2. The average molecular weight is 765 g/mol. The predicted molar refractivity (Wildman–Crippen MR) is 211 cm³/mol. The molecule has 3 aliphatic rings. The van der Waals surface area contributed by atoms with Crippen molar-refractivity contribution >= 4 is 33.8 Å². The number of hydrogen-bond donors (Lipinski definition) is 5. The number of pyridine rings is 1. The lowest BCUT2D eigenvalue weighted by Gasteiger charge is -2.44. The number of fused-ring (bicyclic) bond motifs is 2. The van der Waals surface area contributed by atoms with E-state index in [9.17, 15) is 19.5 Å². The first-order valence-corrected chi connectivity index (χ1v) is 20.1. The smallest absolute Gasteiger partial charge is 0.378 e. The second-order valence-corrected chi connectivity index (χ2v) is 15.7. The number of likely N-dealkylation sites (tertiary alicyclic amines) is 3. The number of aryl methyl sites for hydroxylation is 1. The quantitative estimate of drug-likeness (QED) is 0.129. The van der Waals surface area contributed by atoms with Crippen LogP contribution in [0.15, 0.2) is 53.5 Å². The van der Waals surface area contributed by atoms with Gasteiger partial charge in [-0.3, -0.25) is 19.9 Å². The predicted octanol–water partition coefficient (Wildman–Crippen LogP) is 4.17. The van der Waals surface area contributed by atoms with Gasteiger partial charge >= 0.3 is 12.0 Å². The number of amides is 2. The molecule has 56 heavy (non-hydrogen) atoms. The molecule has 3 aromatic heterocycles. The van der Waals surface area contributed by atoms with E-state index in [2.05, 4.69) is 57.6 Å². The number of aromatic nitrogens is 6. The van der Waals surface area contributed by atoms with Crippen molar-refractivity contribution in [1.82, 2.24) is 50.4 Å². The van der Waals surface area contributed by atoms with E-state index < -0.39 is 18.2 Å². The minimum Gasteiger partial charge on any atom is -0.460 e.